The van der Waals surface area contributed by atoms with Crippen LogP contribution < -0.4 is 10.1 Å². The number of methoxy groups -OCH3 is 2. The van der Waals surface area contributed by atoms with E-state index in [0.29, 0.717) is 11.3 Å². The Morgan fingerprint density at radius 2 is 1.78 bits per heavy atom. The standard InChI is InChI=1S/C18H19NO4/c1-22-15-10-6-9-14(11-15)18(21)19-16(12-17(20)23-2)13-7-4-3-5-8-13/h3-11,16H,12H2,1-2H3,(H,19,21)/t16-/m0/s1. The molecule has 0 saturated heterocycles. The molecule has 0 aliphatic heterocycles. The fourth-order valence-corrected chi connectivity index (χ4v) is 2.19. The average molecular weight is 313 g/mol. The van der Waals surface area contributed by atoms with Crippen LogP contribution in [0.3, 0.4) is 0 Å². The van der Waals surface area contributed by atoms with Gasteiger partial charge in [-0.3, -0.25) is 9.59 Å². The van der Waals surface area contributed by atoms with Crippen LogP contribution in [0.25, 0.3) is 0 Å². The van der Waals surface area contributed by atoms with Gasteiger partial charge in [0, 0.05) is 5.56 Å². The molecule has 1 N–H and O–H groups in total. The molecule has 0 heterocycles. The van der Waals surface area contributed by atoms with Crippen molar-refractivity contribution in [2.45, 2.75) is 12.5 Å². The monoisotopic (exact) mass is 313 g/mol. The maximum Gasteiger partial charge on any atom is 0.307 e. The number of benzene rings is 2. The minimum Gasteiger partial charge on any atom is -0.497 e. The summed E-state index contributed by atoms with van der Waals surface area (Å²) in [6, 6.07) is 15.7. The van der Waals surface area contributed by atoms with Crippen LogP contribution in [0.5, 0.6) is 5.75 Å². The first-order chi connectivity index (χ1) is 11.1. The molecule has 120 valence electrons. The minimum atomic E-state index is -0.456. The molecule has 1 amide bonds. The summed E-state index contributed by atoms with van der Waals surface area (Å²) in [5.41, 5.74) is 1.31. The highest BCUT2D eigenvalue weighted by Gasteiger charge is 2.19. The summed E-state index contributed by atoms with van der Waals surface area (Å²) < 4.78 is 9.84. The number of hydrogen-bond donors (Lipinski definition) is 1. The Morgan fingerprint density at radius 1 is 1.04 bits per heavy atom. The SMILES string of the molecule is COC(=O)C[C@H](NC(=O)c1cccc(OC)c1)c1ccccc1. The van der Waals surface area contributed by atoms with Crippen molar-refractivity contribution in [2.75, 3.05) is 14.2 Å². The first-order valence-corrected chi connectivity index (χ1v) is 7.20. The lowest BCUT2D eigenvalue weighted by molar-refractivity contribution is -0.141. The first kappa shape index (κ1) is 16.5. The van der Waals surface area contributed by atoms with Crippen molar-refractivity contribution in [3.05, 3.63) is 65.7 Å². The Morgan fingerprint density at radius 3 is 2.43 bits per heavy atom. The highest BCUT2D eigenvalue weighted by Crippen LogP contribution is 2.19. The molecular formula is C18H19NO4. The van der Waals surface area contributed by atoms with Gasteiger partial charge < -0.3 is 14.8 Å². The van der Waals surface area contributed by atoms with Gasteiger partial charge in [-0.25, -0.2) is 0 Å². The van der Waals surface area contributed by atoms with E-state index in [0.717, 1.165) is 5.56 Å². The van der Waals surface area contributed by atoms with Crippen molar-refractivity contribution in [3.63, 3.8) is 0 Å². The predicted octanol–water partition coefficient (Wildman–Crippen LogP) is 2.73. The molecule has 2 aromatic rings. The van der Waals surface area contributed by atoms with Gasteiger partial charge in [-0.15, -0.1) is 0 Å². The summed E-state index contributed by atoms with van der Waals surface area (Å²) in [6.07, 6.45) is 0.0657. The summed E-state index contributed by atoms with van der Waals surface area (Å²) in [5.74, 6) is -0.0617. The van der Waals surface area contributed by atoms with Crippen LogP contribution in [-0.2, 0) is 9.53 Å². The van der Waals surface area contributed by atoms with Gasteiger partial charge in [-0.05, 0) is 23.8 Å². The number of amides is 1. The third-order valence-corrected chi connectivity index (χ3v) is 3.44. The zero-order valence-corrected chi connectivity index (χ0v) is 13.1. The highest BCUT2D eigenvalue weighted by atomic mass is 16.5. The third kappa shape index (κ3) is 4.57. The van der Waals surface area contributed by atoms with E-state index in [1.165, 1.54) is 7.11 Å². The fraction of sp³-hybridized carbons (Fsp3) is 0.222. The molecule has 0 saturated carbocycles. The Bertz CT molecular complexity index is 670. The zero-order chi connectivity index (χ0) is 16.7. The Hall–Kier alpha value is -2.82. The van der Waals surface area contributed by atoms with Gasteiger partial charge in [-0.2, -0.15) is 0 Å². The average Bonchev–Trinajstić information content (AvgIpc) is 2.61. The van der Waals surface area contributed by atoms with E-state index in [9.17, 15) is 9.59 Å². The molecular weight excluding hydrogens is 294 g/mol. The van der Waals surface area contributed by atoms with Gasteiger partial charge >= 0.3 is 5.97 Å². The maximum absolute atomic E-state index is 12.4. The van der Waals surface area contributed by atoms with Gasteiger partial charge in [0.1, 0.15) is 5.75 Å². The van der Waals surface area contributed by atoms with Crippen molar-refractivity contribution >= 4 is 11.9 Å². The normalized spacial score (nSPS) is 11.4. The molecule has 0 aliphatic carbocycles. The molecule has 0 spiro atoms. The topological polar surface area (TPSA) is 64.6 Å². The number of carbonyl (C=O) groups is 2. The van der Waals surface area contributed by atoms with E-state index in [1.54, 1.807) is 31.4 Å². The lowest BCUT2D eigenvalue weighted by Crippen LogP contribution is -2.30. The second-order valence-electron chi connectivity index (χ2n) is 4.95. The van der Waals surface area contributed by atoms with Crippen LogP contribution in [0.2, 0.25) is 0 Å². The molecule has 2 rings (SSSR count). The molecule has 0 fully saturated rings. The lowest BCUT2D eigenvalue weighted by atomic mass is 10.0. The molecule has 1 atom stereocenters. The van der Waals surface area contributed by atoms with Crippen LogP contribution in [0.15, 0.2) is 54.6 Å². The van der Waals surface area contributed by atoms with Crippen molar-refractivity contribution in [1.29, 1.82) is 0 Å². The molecule has 2 aromatic carbocycles. The molecule has 0 aliphatic rings. The van der Waals surface area contributed by atoms with Crippen molar-refractivity contribution < 1.29 is 19.1 Å². The molecule has 0 unspecified atom stereocenters. The van der Waals surface area contributed by atoms with Crippen LogP contribution in [0.4, 0.5) is 0 Å². The van der Waals surface area contributed by atoms with Crippen LogP contribution in [0, 0.1) is 0 Å². The Kier molecular flexibility index (Phi) is 5.74. The van der Waals surface area contributed by atoms with Crippen LogP contribution in [-0.4, -0.2) is 26.1 Å². The largest absolute Gasteiger partial charge is 0.497 e. The van der Waals surface area contributed by atoms with Gasteiger partial charge in [-0.1, -0.05) is 36.4 Å². The van der Waals surface area contributed by atoms with E-state index in [-0.39, 0.29) is 18.3 Å². The fourth-order valence-electron chi connectivity index (χ4n) is 2.19. The van der Waals surface area contributed by atoms with Crippen molar-refractivity contribution in [2.24, 2.45) is 0 Å². The molecule has 23 heavy (non-hydrogen) atoms. The number of nitrogens with one attached hydrogen (secondary N) is 1. The molecule has 0 aromatic heterocycles. The van der Waals surface area contributed by atoms with Gasteiger partial charge in [0.25, 0.3) is 5.91 Å². The lowest BCUT2D eigenvalue weighted by Gasteiger charge is -2.18. The van der Waals surface area contributed by atoms with Crippen LogP contribution >= 0.6 is 0 Å². The van der Waals surface area contributed by atoms with Gasteiger partial charge in [0.2, 0.25) is 0 Å². The van der Waals surface area contributed by atoms with E-state index in [4.69, 9.17) is 9.47 Å². The van der Waals surface area contributed by atoms with Crippen molar-refractivity contribution in [1.82, 2.24) is 5.32 Å². The third-order valence-electron chi connectivity index (χ3n) is 3.44. The summed E-state index contributed by atoms with van der Waals surface area (Å²) in [4.78, 5) is 24.1. The summed E-state index contributed by atoms with van der Waals surface area (Å²) in [5, 5.41) is 2.87. The Labute approximate surface area is 135 Å². The number of esters is 1. The number of hydrogen-bond acceptors (Lipinski definition) is 4. The molecule has 5 nitrogen and oxygen atoms in total. The molecule has 0 bridgehead atoms. The highest BCUT2D eigenvalue weighted by molar-refractivity contribution is 5.95. The van der Waals surface area contributed by atoms with Crippen LogP contribution in [0.1, 0.15) is 28.4 Å². The van der Waals surface area contributed by atoms with E-state index in [1.807, 2.05) is 30.3 Å². The number of rotatable bonds is 6. The second kappa shape index (κ2) is 7.98. The first-order valence-electron chi connectivity index (χ1n) is 7.20. The number of ether oxygens (including phenoxy) is 2. The minimum absolute atomic E-state index is 0.0657. The predicted molar refractivity (Wildman–Crippen MR) is 86.3 cm³/mol. The summed E-state index contributed by atoms with van der Waals surface area (Å²) in [7, 11) is 2.87. The van der Waals surface area contributed by atoms with E-state index < -0.39 is 6.04 Å². The smallest absolute Gasteiger partial charge is 0.307 e. The van der Waals surface area contributed by atoms with E-state index >= 15 is 0 Å². The Balaban J connectivity index is 2.19. The molecule has 5 heteroatoms. The zero-order valence-electron chi connectivity index (χ0n) is 13.1. The summed E-state index contributed by atoms with van der Waals surface area (Å²) in [6.45, 7) is 0. The summed E-state index contributed by atoms with van der Waals surface area (Å²) >= 11 is 0. The van der Waals surface area contributed by atoms with E-state index in [2.05, 4.69) is 5.32 Å². The van der Waals surface area contributed by atoms with Gasteiger partial charge in [0.15, 0.2) is 0 Å². The molecule has 0 radical (unpaired) electrons. The maximum atomic E-state index is 12.4. The second-order valence-corrected chi connectivity index (χ2v) is 4.95. The van der Waals surface area contributed by atoms with Crippen molar-refractivity contribution in [3.8, 4) is 5.75 Å². The number of carbonyl (C=O) groups excluding carboxylic acids is 2. The quantitative estimate of drug-likeness (QED) is 0.833. The van der Waals surface area contributed by atoms with Gasteiger partial charge in [0.05, 0.1) is 26.7 Å².